The molecule has 0 aliphatic carbocycles. The van der Waals surface area contributed by atoms with Gasteiger partial charge in [-0.2, -0.15) is 4.31 Å². The van der Waals surface area contributed by atoms with E-state index in [-0.39, 0.29) is 17.1 Å². The van der Waals surface area contributed by atoms with E-state index in [1.54, 1.807) is 26.8 Å². The van der Waals surface area contributed by atoms with Crippen molar-refractivity contribution in [3.05, 3.63) is 71.6 Å². The van der Waals surface area contributed by atoms with Crippen molar-refractivity contribution < 1.29 is 22.4 Å². The minimum absolute atomic E-state index is 0.0662. The highest BCUT2D eigenvalue weighted by molar-refractivity contribution is 7.89. The van der Waals surface area contributed by atoms with Gasteiger partial charge in [0.2, 0.25) is 15.9 Å². The number of aromatic nitrogens is 1. The molecule has 158 valence electrons. The molecule has 0 aliphatic rings. The molecule has 0 atom stereocenters. The van der Waals surface area contributed by atoms with Gasteiger partial charge in [0.05, 0.1) is 10.5 Å². The molecule has 0 aliphatic heterocycles. The monoisotopic (exact) mass is 428 g/mol. The fraction of sp³-hybridized carbons (Fsp3) is 0.273. The van der Waals surface area contributed by atoms with Gasteiger partial charge >= 0.3 is 5.97 Å². The third kappa shape index (κ3) is 4.60. The SMILES string of the molecule is CCN(CC)S(=O)(=O)c1ccc(C)c(C(=O)OCc2coc(-c3ccccc3)n2)c1. The zero-order valence-electron chi connectivity index (χ0n) is 17.2. The van der Waals surface area contributed by atoms with Gasteiger partial charge < -0.3 is 9.15 Å². The van der Waals surface area contributed by atoms with Crippen LogP contribution in [0.4, 0.5) is 0 Å². The topological polar surface area (TPSA) is 89.7 Å². The Kier molecular flexibility index (Phi) is 6.69. The number of esters is 1. The van der Waals surface area contributed by atoms with Gasteiger partial charge in [-0.05, 0) is 36.8 Å². The summed E-state index contributed by atoms with van der Waals surface area (Å²) in [6, 6.07) is 13.9. The van der Waals surface area contributed by atoms with Crippen LogP contribution in [0.3, 0.4) is 0 Å². The van der Waals surface area contributed by atoms with E-state index in [4.69, 9.17) is 9.15 Å². The number of hydrogen-bond donors (Lipinski definition) is 0. The van der Waals surface area contributed by atoms with Gasteiger partial charge in [-0.3, -0.25) is 0 Å². The smallest absolute Gasteiger partial charge is 0.338 e. The predicted molar refractivity (Wildman–Crippen MR) is 112 cm³/mol. The van der Waals surface area contributed by atoms with Crippen LogP contribution in [0.25, 0.3) is 11.5 Å². The number of hydrogen-bond acceptors (Lipinski definition) is 6. The van der Waals surface area contributed by atoms with Crippen molar-refractivity contribution in [3.8, 4) is 11.5 Å². The van der Waals surface area contributed by atoms with Crippen LogP contribution in [-0.2, 0) is 21.4 Å². The van der Waals surface area contributed by atoms with Crippen LogP contribution in [0.5, 0.6) is 0 Å². The summed E-state index contributed by atoms with van der Waals surface area (Å²) < 4.78 is 37.6. The van der Waals surface area contributed by atoms with Crippen LogP contribution in [0, 0.1) is 6.92 Å². The van der Waals surface area contributed by atoms with E-state index in [0.717, 1.165) is 5.56 Å². The fourth-order valence-electron chi connectivity index (χ4n) is 3.00. The van der Waals surface area contributed by atoms with Gasteiger partial charge in [-0.15, -0.1) is 0 Å². The van der Waals surface area contributed by atoms with Crippen LogP contribution in [0.1, 0.15) is 35.5 Å². The molecule has 0 N–H and O–H groups in total. The summed E-state index contributed by atoms with van der Waals surface area (Å²) in [5.74, 6) is -0.182. The average molecular weight is 429 g/mol. The lowest BCUT2D eigenvalue weighted by molar-refractivity contribution is 0.0466. The third-order valence-electron chi connectivity index (χ3n) is 4.70. The lowest BCUT2D eigenvalue weighted by Gasteiger charge is -2.19. The molecule has 1 heterocycles. The predicted octanol–water partition coefficient (Wildman–Crippen LogP) is 4.04. The standard InChI is InChI=1S/C22H24N2O5S/c1-4-24(5-2)30(26,27)19-12-11-16(3)20(13-19)22(25)29-15-18-14-28-21(23-18)17-9-7-6-8-10-17/h6-14H,4-5,15H2,1-3H3. The highest BCUT2D eigenvalue weighted by Crippen LogP contribution is 2.22. The van der Waals surface area contributed by atoms with Crippen molar-refractivity contribution in [2.45, 2.75) is 32.3 Å². The molecule has 3 rings (SSSR count). The summed E-state index contributed by atoms with van der Waals surface area (Å²) >= 11 is 0. The van der Waals surface area contributed by atoms with E-state index in [0.29, 0.717) is 30.2 Å². The van der Waals surface area contributed by atoms with Gasteiger partial charge in [0.1, 0.15) is 18.6 Å². The van der Waals surface area contributed by atoms with Crippen molar-refractivity contribution in [2.75, 3.05) is 13.1 Å². The lowest BCUT2D eigenvalue weighted by atomic mass is 10.1. The molecule has 0 fully saturated rings. The molecule has 0 amide bonds. The number of ether oxygens (including phenoxy) is 1. The lowest BCUT2D eigenvalue weighted by Crippen LogP contribution is -2.30. The second-order valence-corrected chi connectivity index (χ2v) is 8.59. The number of sulfonamides is 1. The molecule has 0 radical (unpaired) electrons. The first kappa shape index (κ1) is 21.7. The molecular weight excluding hydrogens is 404 g/mol. The summed E-state index contributed by atoms with van der Waals surface area (Å²) in [4.78, 5) is 17.0. The number of rotatable bonds is 8. The normalized spacial score (nSPS) is 11.6. The van der Waals surface area contributed by atoms with Gasteiger partial charge in [0.25, 0.3) is 0 Å². The second-order valence-electron chi connectivity index (χ2n) is 6.65. The number of benzene rings is 2. The van der Waals surface area contributed by atoms with Gasteiger partial charge in [-0.1, -0.05) is 38.1 Å². The van der Waals surface area contributed by atoms with Crippen LogP contribution in [-0.4, -0.2) is 36.8 Å². The maximum atomic E-state index is 12.7. The first-order chi connectivity index (χ1) is 14.4. The van der Waals surface area contributed by atoms with E-state index in [1.165, 1.54) is 22.7 Å². The first-order valence-corrected chi connectivity index (χ1v) is 11.1. The molecule has 30 heavy (non-hydrogen) atoms. The quantitative estimate of drug-likeness (QED) is 0.503. The summed E-state index contributed by atoms with van der Waals surface area (Å²) in [5.41, 5.74) is 2.12. The molecule has 8 heteroatoms. The summed E-state index contributed by atoms with van der Waals surface area (Å²) in [6.45, 7) is 5.89. The molecule has 0 unspecified atom stereocenters. The van der Waals surface area contributed by atoms with Crippen LogP contribution >= 0.6 is 0 Å². The minimum atomic E-state index is -3.67. The van der Waals surface area contributed by atoms with Crippen LogP contribution < -0.4 is 0 Å². The van der Waals surface area contributed by atoms with Crippen LogP contribution in [0.15, 0.2) is 64.1 Å². The van der Waals surface area contributed by atoms with Crippen molar-refractivity contribution in [3.63, 3.8) is 0 Å². The minimum Gasteiger partial charge on any atom is -0.455 e. The number of nitrogens with zero attached hydrogens (tertiary/aromatic N) is 2. The first-order valence-electron chi connectivity index (χ1n) is 9.64. The van der Waals surface area contributed by atoms with E-state index in [2.05, 4.69) is 4.98 Å². The van der Waals surface area contributed by atoms with E-state index in [9.17, 15) is 13.2 Å². The number of oxazole rings is 1. The molecular formula is C22H24N2O5S. The number of aryl methyl sites for hydroxylation is 1. The third-order valence-corrected chi connectivity index (χ3v) is 6.74. The van der Waals surface area contributed by atoms with E-state index >= 15 is 0 Å². The molecule has 0 saturated heterocycles. The highest BCUT2D eigenvalue weighted by atomic mass is 32.2. The number of carbonyl (C=O) groups excluding carboxylic acids is 1. The van der Waals surface area contributed by atoms with Crippen molar-refractivity contribution in [2.24, 2.45) is 0 Å². The Balaban J connectivity index is 1.75. The largest absolute Gasteiger partial charge is 0.455 e. The Labute approximate surface area is 176 Å². The number of carbonyl (C=O) groups is 1. The zero-order valence-corrected chi connectivity index (χ0v) is 18.0. The maximum Gasteiger partial charge on any atom is 0.338 e. The molecule has 3 aromatic rings. The van der Waals surface area contributed by atoms with Crippen molar-refractivity contribution in [1.29, 1.82) is 0 Å². The van der Waals surface area contributed by atoms with E-state index < -0.39 is 16.0 Å². The van der Waals surface area contributed by atoms with Gasteiger partial charge in [-0.25, -0.2) is 18.2 Å². The van der Waals surface area contributed by atoms with Gasteiger partial charge in [0.15, 0.2) is 0 Å². The Morgan fingerprint density at radius 3 is 2.47 bits per heavy atom. The molecule has 2 aromatic carbocycles. The Bertz CT molecular complexity index is 1120. The Hall–Kier alpha value is -2.97. The summed E-state index contributed by atoms with van der Waals surface area (Å²) in [5, 5.41) is 0. The molecule has 0 bridgehead atoms. The molecule has 7 nitrogen and oxygen atoms in total. The highest BCUT2D eigenvalue weighted by Gasteiger charge is 2.24. The van der Waals surface area contributed by atoms with Crippen LogP contribution in [0.2, 0.25) is 0 Å². The zero-order chi connectivity index (χ0) is 21.7. The average Bonchev–Trinajstić information content (AvgIpc) is 3.22. The summed E-state index contributed by atoms with van der Waals surface area (Å²) in [6.07, 6.45) is 1.43. The summed E-state index contributed by atoms with van der Waals surface area (Å²) in [7, 11) is -3.67. The molecule has 0 spiro atoms. The fourth-order valence-corrected chi connectivity index (χ4v) is 4.48. The van der Waals surface area contributed by atoms with E-state index in [1.807, 2.05) is 30.3 Å². The Morgan fingerprint density at radius 1 is 1.10 bits per heavy atom. The molecule has 1 aromatic heterocycles. The van der Waals surface area contributed by atoms with Gasteiger partial charge in [0, 0.05) is 18.7 Å². The van der Waals surface area contributed by atoms with Crippen molar-refractivity contribution in [1.82, 2.24) is 9.29 Å². The Morgan fingerprint density at radius 2 is 1.80 bits per heavy atom. The second kappa shape index (κ2) is 9.23. The van der Waals surface area contributed by atoms with Crippen molar-refractivity contribution >= 4 is 16.0 Å². The maximum absolute atomic E-state index is 12.7. The molecule has 0 saturated carbocycles.